The van der Waals surface area contributed by atoms with Gasteiger partial charge in [-0.2, -0.15) is 0 Å². The quantitative estimate of drug-likeness (QED) is 0.557. The molecule has 1 amide bonds. The molecule has 0 aliphatic rings. The first-order valence-corrected chi connectivity index (χ1v) is 11.6. The van der Waals surface area contributed by atoms with Crippen LogP contribution in [0.25, 0.3) is 0 Å². The van der Waals surface area contributed by atoms with Crippen molar-refractivity contribution in [1.82, 2.24) is 0 Å². The Morgan fingerprint density at radius 1 is 1.09 bits per heavy atom. The molecule has 0 aromatic heterocycles. The van der Waals surface area contributed by atoms with Crippen molar-refractivity contribution < 1.29 is 4.79 Å². The van der Waals surface area contributed by atoms with E-state index in [1.54, 1.807) is 0 Å². The summed E-state index contributed by atoms with van der Waals surface area (Å²) in [4.78, 5) is 13.1. The lowest BCUT2D eigenvalue weighted by atomic mass is 10.1. The summed E-state index contributed by atoms with van der Waals surface area (Å²) in [5.41, 5.74) is 3.17. The van der Waals surface area contributed by atoms with Gasteiger partial charge in [0.2, 0.25) is 0 Å². The highest BCUT2D eigenvalue weighted by molar-refractivity contribution is 7.77. The van der Waals surface area contributed by atoms with Crippen LogP contribution >= 0.6 is 18.9 Å². The van der Waals surface area contributed by atoms with E-state index in [0.717, 1.165) is 53.2 Å². The number of nitrogens with one attached hydrogen (secondary N) is 1. The minimum atomic E-state index is -1.24. The molecule has 0 heterocycles. The van der Waals surface area contributed by atoms with Gasteiger partial charge in [-0.25, -0.2) is 0 Å². The Bertz CT molecular complexity index is 509. The Morgan fingerprint density at radius 2 is 1.57 bits per heavy atom. The van der Waals surface area contributed by atoms with Crippen molar-refractivity contribution in [3.8, 4) is 0 Å². The first kappa shape index (κ1) is 20.5. The third-order valence-electron chi connectivity index (χ3n) is 5.16. The number of hydrogen-bond acceptors (Lipinski definition) is 1. The molecule has 23 heavy (non-hydrogen) atoms. The van der Waals surface area contributed by atoms with Gasteiger partial charge < -0.3 is 5.32 Å². The van der Waals surface area contributed by atoms with Crippen LogP contribution in [0, 0.1) is 13.8 Å². The highest BCUT2D eigenvalue weighted by Gasteiger charge is 2.45. The molecule has 1 aromatic rings. The van der Waals surface area contributed by atoms with Gasteiger partial charge in [0.1, 0.15) is 5.66 Å². The summed E-state index contributed by atoms with van der Waals surface area (Å²) in [7, 11) is -1.24. The summed E-state index contributed by atoms with van der Waals surface area (Å²) >= 11 is 6.10. The number of rotatable bonds is 8. The van der Waals surface area contributed by atoms with Crippen LogP contribution in [0.1, 0.15) is 51.7 Å². The molecular formula is C19H32ClNOP+. The second-order valence-electron chi connectivity index (χ2n) is 6.38. The van der Waals surface area contributed by atoms with Crippen LogP contribution in [-0.2, 0) is 4.79 Å². The maximum absolute atomic E-state index is 13.1. The molecule has 1 atom stereocenters. The normalized spacial score (nSPS) is 13.0. The molecule has 0 spiro atoms. The monoisotopic (exact) mass is 356 g/mol. The molecule has 0 saturated heterocycles. The fourth-order valence-corrected chi connectivity index (χ4v) is 7.93. The number of carbonyl (C=O) groups is 1. The molecule has 0 saturated carbocycles. The van der Waals surface area contributed by atoms with Crippen LogP contribution < -0.4 is 5.32 Å². The van der Waals surface area contributed by atoms with Crippen LogP contribution in [-0.4, -0.2) is 30.1 Å². The minimum Gasteiger partial charge on any atom is -0.322 e. The molecule has 4 heteroatoms. The van der Waals surface area contributed by atoms with Crippen LogP contribution in [0.15, 0.2) is 12.1 Å². The molecule has 0 fully saturated rings. The highest BCUT2D eigenvalue weighted by Crippen LogP contribution is 2.63. The van der Waals surface area contributed by atoms with E-state index in [-0.39, 0.29) is 11.6 Å². The van der Waals surface area contributed by atoms with E-state index < -0.39 is 7.26 Å². The van der Waals surface area contributed by atoms with E-state index in [1.165, 1.54) is 0 Å². The predicted molar refractivity (Wildman–Crippen MR) is 107 cm³/mol. The zero-order chi connectivity index (χ0) is 17.6. The molecule has 0 bridgehead atoms. The van der Waals surface area contributed by atoms with Crippen molar-refractivity contribution >= 4 is 30.5 Å². The van der Waals surface area contributed by atoms with Crippen molar-refractivity contribution in [3.63, 3.8) is 0 Å². The molecule has 2 nitrogen and oxygen atoms in total. The molecule has 1 N–H and O–H groups in total. The minimum absolute atomic E-state index is 0.168. The van der Waals surface area contributed by atoms with E-state index >= 15 is 0 Å². The van der Waals surface area contributed by atoms with Gasteiger partial charge in [-0.1, -0.05) is 24.9 Å². The van der Waals surface area contributed by atoms with Crippen LogP contribution in [0.2, 0.25) is 5.02 Å². The Balaban J connectivity index is 3.13. The van der Waals surface area contributed by atoms with E-state index in [2.05, 4.69) is 33.0 Å². The number of anilines is 1. The van der Waals surface area contributed by atoms with Gasteiger partial charge in [-0.3, -0.25) is 4.79 Å². The number of hydrogen-bond donors (Lipinski definition) is 1. The second kappa shape index (κ2) is 9.04. The fourth-order valence-electron chi connectivity index (χ4n) is 3.57. The van der Waals surface area contributed by atoms with Crippen molar-refractivity contribution in [1.29, 1.82) is 0 Å². The van der Waals surface area contributed by atoms with E-state index in [4.69, 9.17) is 11.6 Å². The zero-order valence-electron chi connectivity index (χ0n) is 15.5. The molecule has 1 rings (SSSR count). The summed E-state index contributed by atoms with van der Waals surface area (Å²) in [5.74, 6) is 0.208. The van der Waals surface area contributed by atoms with Gasteiger partial charge in [0.05, 0.1) is 18.5 Å². The van der Waals surface area contributed by atoms with Crippen LogP contribution in [0.3, 0.4) is 0 Å². The van der Waals surface area contributed by atoms with Gasteiger partial charge in [-0.05, 0) is 64.3 Å². The number of amides is 1. The average molecular weight is 357 g/mol. The Morgan fingerprint density at radius 3 is 1.96 bits per heavy atom. The molecule has 0 aliphatic heterocycles. The van der Waals surface area contributed by atoms with Crippen molar-refractivity contribution in [3.05, 3.63) is 28.3 Å². The fraction of sp³-hybridized carbons (Fsp3) is 0.632. The smallest absolute Gasteiger partial charge is 0.265 e. The summed E-state index contributed by atoms with van der Waals surface area (Å²) in [5, 5.41) is 3.95. The topological polar surface area (TPSA) is 29.1 Å². The Hall–Kier alpha value is -0.590. The molecular weight excluding hydrogens is 325 g/mol. The predicted octanol–water partition coefficient (Wildman–Crippen LogP) is 6.14. The SMILES string of the molecule is CCCC(C(=O)Nc1c(C)cc(Cl)cc1C)[P+](CC)(CC)CC. The zero-order valence-corrected chi connectivity index (χ0v) is 17.2. The molecule has 1 aromatic carbocycles. The highest BCUT2D eigenvalue weighted by atomic mass is 35.5. The number of benzene rings is 1. The van der Waals surface area contributed by atoms with E-state index in [9.17, 15) is 4.79 Å². The average Bonchev–Trinajstić information content (AvgIpc) is 2.51. The van der Waals surface area contributed by atoms with Gasteiger partial charge in [0.25, 0.3) is 5.91 Å². The van der Waals surface area contributed by atoms with Gasteiger partial charge in [0.15, 0.2) is 0 Å². The third-order valence-corrected chi connectivity index (χ3v) is 11.0. The summed E-state index contributed by atoms with van der Waals surface area (Å²) < 4.78 is 0. The molecule has 0 radical (unpaired) electrons. The Labute approximate surface area is 147 Å². The number of aryl methyl sites for hydroxylation is 2. The van der Waals surface area contributed by atoms with E-state index in [0.29, 0.717) is 0 Å². The summed E-state index contributed by atoms with van der Waals surface area (Å²) in [6.07, 6.45) is 5.49. The lowest BCUT2D eigenvalue weighted by Crippen LogP contribution is -2.33. The summed E-state index contributed by atoms with van der Waals surface area (Å²) in [6.45, 7) is 13.0. The lowest BCUT2D eigenvalue weighted by Gasteiger charge is -2.32. The molecule has 1 unspecified atom stereocenters. The third kappa shape index (κ3) is 4.70. The van der Waals surface area contributed by atoms with Crippen molar-refractivity contribution in [2.24, 2.45) is 0 Å². The van der Waals surface area contributed by atoms with Gasteiger partial charge in [-0.15, -0.1) is 0 Å². The van der Waals surface area contributed by atoms with Gasteiger partial charge in [0, 0.05) is 18.0 Å². The van der Waals surface area contributed by atoms with Crippen molar-refractivity contribution in [2.75, 3.05) is 23.8 Å². The first-order chi connectivity index (χ1) is 10.8. The van der Waals surface area contributed by atoms with E-state index in [1.807, 2.05) is 26.0 Å². The second-order valence-corrected chi connectivity index (χ2v) is 11.8. The number of carbonyl (C=O) groups excluding carboxylic acids is 1. The van der Waals surface area contributed by atoms with Crippen LogP contribution in [0.5, 0.6) is 0 Å². The summed E-state index contributed by atoms with van der Waals surface area (Å²) in [6, 6.07) is 3.84. The largest absolute Gasteiger partial charge is 0.322 e. The maximum atomic E-state index is 13.1. The van der Waals surface area contributed by atoms with Gasteiger partial charge >= 0.3 is 0 Å². The molecule has 130 valence electrons. The lowest BCUT2D eigenvalue weighted by molar-refractivity contribution is -0.116. The Kier molecular flexibility index (Phi) is 8.04. The first-order valence-electron chi connectivity index (χ1n) is 8.78. The van der Waals surface area contributed by atoms with Crippen molar-refractivity contribution in [2.45, 2.75) is 60.0 Å². The van der Waals surface area contributed by atoms with Crippen LogP contribution in [0.4, 0.5) is 5.69 Å². The maximum Gasteiger partial charge on any atom is 0.265 e. The standard InChI is InChI=1S/C19H31ClNOP/c1-7-11-17(23(8-2,9-3)10-4)19(22)21-18-14(5)12-16(20)13-15(18)6/h12-13,17H,7-11H2,1-6H3/p+1. The number of halogens is 1. The molecule has 0 aliphatic carbocycles.